The van der Waals surface area contributed by atoms with E-state index in [0.29, 0.717) is 11.3 Å². The zero-order chi connectivity index (χ0) is 26.4. The molecule has 0 aliphatic carbocycles. The molecule has 4 aromatic rings. The van der Waals surface area contributed by atoms with Gasteiger partial charge in [0.05, 0.1) is 18.9 Å². The van der Waals surface area contributed by atoms with Crippen LogP contribution < -0.4 is 10.2 Å². The van der Waals surface area contributed by atoms with Crippen LogP contribution in [0.25, 0.3) is 0 Å². The second-order valence-electron chi connectivity index (χ2n) is 8.12. The number of hydrogen-bond donors (Lipinski definition) is 1. The number of halogens is 1. The molecule has 1 aromatic heterocycles. The molecule has 8 nitrogen and oxygen atoms in total. The van der Waals surface area contributed by atoms with Crippen molar-refractivity contribution in [1.29, 1.82) is 0 Å². The molecule has 4 rings (SSSR count). The zero-order valence-corrected chi connectivity index (χ0v) is 20.1. The van der Waals surface area contributed by atoms with E-state index in [9.17, 15) is 18.8 Å². The Balaban J connectivity index is 1.87. The number of benzene rings is 3. The van der Waals surface area contributed by atoms with Crippen LogP contribution in [0.4, 0.5) is 15.8 Å². The fraction of sp³-hybridized carbons (Fsp3) is 0.107. The predicted octanol–water partition coefficient (Wildman–Crippen LogP) is 4.74. The summed E-state index contributed by atoms with van der Waals surface area (Å²) in [6.07, 6.45) is 4.09. The van der Waals surface area contributed by atoms with Crippen molar-refractivity contribution in [2.45, 2.75) is 13.0 Å². The van der Waals surface area contributed by atoms with Gasteiger partial charge in [-0.15, -0.1) is 0 Å². The first kappa shape index (κ1) is 25.2. The highest BCUT2D eigenvalue weighted by molar-refractivity contribution is 6.11. The molecule has 37 heavy (non-hydrogen) atoms. The first-order chi connectivity index (χ1) is 17.9. The summed E-state index contributed by atoms with van der Waals surface area (Å²) in [5.74, 6) is -2.23. The van der Waals surface area contributed by atoms with Crippen LogP contribution in [0.2, 0.25) is 0 Å². The summed E-state index contributed by atoms with van der Waals surface area (Å²) in [4.78, 5) is 49.2. The maximum absolute atomic E-state index is 13.9. The molecular weight excluding hydrogens is 475 g/mol. The molecule has 0 spiro atoms. The third-order valence-electron chi connectivity index (χ3n) is 5.56. The number of carbonyl (C=O) groups is 3. The average Bonchev–Trinajstić information content (AvgIpc) is 2.93. The van der Waals surface area contributed by atoms with Crippen molar-refractivity contribution in [2.75, 3.05) is 17.3 Å². The Labute approximate surface area is 212 Å². The van der Waals surface area contributed by atoms with Crippen molar-refractivity contribution >= 4 is 29.2 Å². The molecule has 0 unspecified atom stereocenters. The number of ether oxygens (including phenoxy) is 1. The number of esters is 1. The minimum absolute atomic E-state index is 0.00216. The van der Waals surface area contributed by atoms with E-state index in [1.807, 2.05) is 19.1 Å². The smallest absolute Gasteiger partial charge is 0.337 e. The number of anilines is 2. The van der Waals surface area contributed by atoms with Gasteiger partial charge in [0, 0.05) is 23.8 Å². The largest absolute Gasteiger partial charge is 0.465 e. The second kappa shape index (κ2) is 11.2. The van der Waals surface area contributed by atoms with Crippen molar-refractivity contribution in [3.63, 3.8) is 0 Å². The summed E-state index contributed by atoms with van der Waals surface area (Å²) < 4.78 is 18.3. The molecular formula is C28H23FN4O4. The second-order valence-corrected chi connectivity index (χ2v) is 8.12. The number of hydrogen-bond acceptors (Lipinski definition) is 6. The van der Waals surface area contributed by atoms with Gasteiger partial charge in [0.15, 0.2) is 0 Å². The molecule has 0 fully saturated rings. The maximum Gasteiger partial charge on any atom is 0.337 e. The van der Waals surface area contributed by atoms with Crippen LogP contribution in [0, 0.1) is 12.7 Å². The van der Waals surface area contributed by atoms with Gasteiger partial charge in [-0.05, 0) is 55.0 Å². The standard InChI is InChI=1S/C28H23FN4O4/c1-18-6-8-19(9-7-18)25(26(34)32-22-12-10-21(29)11-13-22)33(27(35)24-17-30-14-15-31-24)23-5-3-4-20(16-23)28(36)37-2/h3-17,25H,1-2H3,(H,32,34)/t25-/m0/s1. The van der Waals surface area contributed by atoms with Crippen LogP contribution >= 0.6 is 0 Å². The molecule has 3 aromatic carbocycles. The zero-order valence-electron chi connectivity index (χ0n) is 20.1. The van der Waals surface area contributed by atoms with Gasteiger partial charge in [-0.3, -0.25) is 19.5 Å². The fourth-order valence-corrected chi connectivity index (χ4v) is 3.73. The molecule has 2 amide bonds. The van der Waals surface area contributed by atoms with Gasteiger partial charge in [-0.25, -0.2) is 14.2 Å². The van der Waals surface area contributed by atoms with E-state index >= 15 is 0 Å². The molecule has 0 saturated heterocycles. The maximum atomic E-state index is 13.9. The summed E-state index contributed by atoms with van der Waals surface area (Å²) in [5, 5.41) is 2.76. The minimum atomic E-state index is -1.19. The van der Waals surface area contributed by atoms with Crippen LogP contribution in [-0.4, -0.2) is 34.9 Å². The number of rotatable bonds is 7. The molecule has 0 saturated carbocycles. The third kappa shape index (κ3) is 5.84. The highest BCUT2D eigenvalue weighted by Crippen LogP contribution is 2.31. The van der Waals surface area contributed by atoms with Crippen molar-refractivity contribution in [3.8, 4) is 0 Å². The number of nitrogens with zero attached hydrogens (tertiary/aromatic N) is 3. The van der Waals surface area contributed by atoms with E-state index in [1.54, 1.807) is 30.3 Å². The lowest BCUT2D eigenvalue weighted by molar-refractivity contribution is -0.117. The van der Waals surface area contributed by atoms with Crippen molar-refractivity contribution in [2.24, 2.45) is 0 Å². The van der Waals surface area contributed by atoms with Crippen molar-refractivity contribution < 1.29 is 23.5 Å². The van der Waals surface area contributed by atoms with E-state index in [-0.39, 0.29) is 16.9 Å². The Kier molecular flexibility index (Phi) is 7.63. The van der Waals surface area contributed by atoms with Gasteiger partial charge in [0.1, 0.15) is 17.6 Å². The average molecular weight is 499 g/mol. The van der Waals surface area contributed by atoms with Gasteiger partial charge in [0.25, 0.3) is 11.8 Å². The Hall–Kier alpha value is -4.92. The summed E-state index contributed by atoms with van der Waals surface area (Å²) >= 11 is 0. The van der Waals surface area contributed by atoms with Crippen LogP contribution in [0.1, 0.15) is 38.0 Å². The summed E-state index contributed by atoms with van der Waals surface area (Å²) in [6, 6.07) is 17.4. The lowest BCUT2D eigenvalue weighted by Crippen LogP contribution is -2.42. The van der Waals surface area contributed by atoms with E-state index in [4.69, 9.17) is 4.74 Å². The molecule has 1 atom stereocenters. The summed E-state index contributed by atoms with van der Waals surface area (Å²) in [6.45, 7) is 1.90. The van der Waals surface area contributed by atoms with Crippen LogP contribution in [0.15, 0.2) is 91.4 Å². The molecule has 0 bridgehead atoms. The van der Waals surface area contributed by atoms with Gasteiger partial charge in [0.2, 0.25) is 0 Å². The van der Waals surface area contributed by atoms with Crippen LogP contribution in [-0.2, 0) is 9.53 Å². The molecule has 0 aliphatic rings. The molecule has 0 aliphatic heterocycles. The minimum Gasteiger partial charge on any atom is -0.465 e. The Morgan fingerprint density at radius 2 is 1.70 bits per heavy atom. The monoisotopic (exact) mass is 498 g/mol. The fourth-order valence-electron chi connectivity index (χ4n) is 3.73. The summed E-state index contributed by atoms with van der Waals surface area (Å²) in [7, 11) is 1.25. The molecule has 0 radical (unpaired) electrons. The Morgan fingerprint density at radius 1 is 0.973 bits per heavy atom. The number of amides is 2. The van der Waals surface area contributed by atoms with E-state index in [0.717, 1.165) is 5.56 Å². The van der Waals surface area contributed by atoms with E-state index < -0.39 is 29.6 Å². The Morgan fingerprint density at radius 3 is 2.35 bits per heavy atom. The Bertz CT molecular complexity index is 1410. The van der Waals surface area contributed by atoms with Gasteiger partial charge in [-0.2, -0.15) is 0 Å². The van der Waals surface area contributed by atoms with Gasteiger partial charge >= 0.3 is 5.97 Å². The van der Waals surface area contributed by atoms with E-state index in [2.05, 4.69) is 15.3 Å². The quantitative estimate of drug-likeness (QED) is 0.370. The van der Waals surface area contributed by atoms with Crippen LogP contribution in [0.5, 0.6) is 0 Å². The third-order valence-corrected chi connectivity index (χ3v) is 5.56. The normalized spacial score (nSPS) is 11.3. The number of aromatic nitrogens is 2. The number of methoxy groups -OCH3 is 1. The number of nitrogens with one attached hydrogen (secondary N) is 1. The van der Waals surface area contributed by atoms with Crippen LogP contribution in [0.3, 0.4) is 0 Å². The molecule has 9 heteroatoms. The number of carbonyl (C=O) groups excluding carboxylic acids is 3. The van der Waals surface area contributed by atoms with Crippen molar-refractivity contribution in [1.82, 2.24) is 9.97 Å². The number of aryl methyl sites for hydroxylation is 1. The summed E-state index contributed by atoms with van der Waals surface area (Å²) in [5.41, 5.74) is 2.26. The molecule has 1 N–H and O–H groups in total. The molecule has 1 heterocycles. The topological polar surface area (TPSA) is 101 Å². The highest BCUT2D eigenvalue weighted by atomic mass is 19.1. The first-order valence-electron chi connectivity index (χ1n) is 11.3. The lowest BCUT2D eigenvalue weighted by Gasteiger charge is -2.31. The first-order valence-corrected chi connectivity index (χ1v) is 11.3. The SMILES string of the molecule is COC(=O)c1cccc(N(C(=O)c2cnccn2)[C@H](C(=O)Nc2ccc(F)cc2)c2ccc(C)cc2)c1. The highest BCUT2D eigenvalue weighted by Gasteiger charge is 2.34. The van der Waals surface area contributed by atoms with Gasteiger partial charge < -0.3 is 10.1 Å². The van der Waals surface area contributed by atoms with E-state index in [1.165, 1.54) is 60.9 Å². The lowest BCUT2D eigenvalue weighted by atomic mass is 10.0. The molecule has 186 valence electrons. The van der Waals surface area contributed by atoms with Crippen molar-refractivity contribution in [3.05, 3.63) is 120 Å². The predicted molar refractivity (Wildman–Crippen MR) is 136 cm³/mol. The van der Waals surface area contributed by atoms with Gasteiger partial charge in [-0.1, -0.05) is 35.9 Å².